The van der Waals surface area contributed by atoms with Gasteiger partial charge in [0, 0.05) is 51.9 Å². The molecule has 496 valence electrons. The first-order valence-corrected chi connectivity index (χ1v) is 29.0. The number of ketones is 4. The molecule has 0 unspecified atom stereocenters. The summed E-state index contributed by atoms with van der Waals surface area (Å²) in [5.74, 6) is -6.72. The number of carbonyl (C=O) groups excluding carboxylic acids is 8. The molecular weight excluding hydrogens is 1190 g/mol. The lowest BCUT2D eigenvalue weighted by molar-refractivity contribution is -0.139. The standard InChI is InChI=1S/C61H83N17O14/c1-89-49-16-12-34(28-45(79)41(62)8-4-20-72-58(64)65)25-38(49)55(86)77-43(10-6-22-74-60(68)69)47(81)30-36-14-18-51(91-3)40(27-36)57(88)78-44(11-7-23-75-61(70)71)48(82)31-35-13-17-50(90-2)39(26-35)56(87)76-42(9-5-21-73-59(66)67)46(80)29-33-15-19-52(92-32-53(83)84)37(24-33)54(63)85/h12-19,24-27,41-44H,4-11,20-23,28-32,62H2,1-3H3,(H2,63,85)(H,76,87)(H,77,86)(H,78,88)(H,83,84)(H4,64,65,72)(H4,66,67,73)(H4,68,69,74)(H4,70,71,75)/t41-,42-,43-,44-/m0/s1. The smallest absolute Gasteiger partial charge is 0.341 e. The lowest BCUT2D eigenvalue weighted by Crippen LogP contribution is -2.42. The van der Waals surface area contributed by atoms with E-state index < -0.39 is 77.7 Å². The van der Waals surface area contributed by atoms with Crippen molar-refractivity contribution in [1.29, 1.82) is 0 Å². The van der Waals surface area contributed by atoms with Gasteiger partial charge in [-0.15, -0.1) is 0 Å². The van der Waals surface area contributed by atoms with E-state index in [0.29, 0.717) is 41.6 Å². The van der Waals surface area contributed by atoms with Crippen LogP contribution in [0.2, 0.25) is 0 Å². The van der Waals surface area contributed by atoms with E-state index in [1.807, 2.05) is 0 Å². The van der Waals surface area contributed by atoms with E-state index in [-0.39, 0.29) is 159 Å². The molecule has 4 aromatic rings. The van der Waals surface area contributed by atoms with Crippen molar-refractivity contribution in [1.82, 2.24) is 16.0 Å². The fourth-order valence-electron chi connectivity index (χ4n) is 9.42. The van der Waals surface area contributed by atoms with Crippen molar-refractivity contribution in [2.45, 2.75) is 101 Å². The topological polar surface area (TPSA) is 557 Å². The Morgan fingerprint density at radius 2 is 0.696 bits per heavy atom. The van der Waals surface area contributed by atoms with Gasteiger partial charge in [-0.05, 0) is 122 Å². The molecule has 31 heteroatoms. The Hall–Kier alpha value is -10.9. The van der Waals surface area contributed by atoms with Crippen molar-refractivity contribution >= 4 is 76.6 Å². The maximum Gasteiger partial charge on any atom is 0.341 e. The number of aliphatic carboxylic acids is 1. The van der Waals surface area contributed by atoms with Crippen LogP contribution in [-0.2, 0) is 49.7 Å². The Bertz CT molecular complexity index is 3410. The minimum absolute atomic E-state index is 0.0224. The summed E-state index contributed by atoms with van der Waals surface area (Å²) >= 11 is 0. The second-order valence-electron chi connectivity index (χ2n) is 21.0. The zero-order chi connectivity index (χ0) is 68.0. The number of rotatable bonds is 41. The minimum atomic E-state index is -1.30. The molecule has 92 heavy (non-hydrogen) atoms. The number of carbonyl (C=O) groups is 9. The van der Waals surface area contributed by atoms with Crippen LogP contribution in [0.4, 0.5) is 0 Å². The quantitative estimate of drug-likeness (QED) is 0.0139. The Kier molecular flexibility index (Phi) is 29.8. The van der Waals surface area contributed by atoms with Crippen molar-refractivity contribution in [3.05, 3.63) is 117 Å². The number of benzene rings is 4. The van der Waals surface area contributed by atoms with Gasteiger partial charge in [-0.2, -0.15) is 0 Å². The Morgan fingerprint density at radius 3 is 0.978 bits per heavy atom. The molecule has 0 saturated heterocycles. The minimum Gasteiger partial charge on any atom is -0.496 e. The number of nitrogens with one attached hydrogen (secondary N) is 3. The summed E-state index contributed by atoms with van der Waals surface area (Å²) in [6.07, 6.45) is 0.499. The van der Waals surface area contributed by atoms with Gasteiger partial charge in [0.15, 0.2) is 53.6 Å². The molecule has 0 heterocycles. The molecule has 4 amide bonds. The summed E-state index contributed by atoms with van der Waals surface area (Å²) in [7, 11) is 4.00. The average molecular weight is 1280 g/mol. The molecule has 0 aromatic heterocycles. The number of nitrogens with zero attached hydrogens (tertiary/aromatic N) is 4. The second kappa shape index (κ2) is 37.2. The van der Waals surface area contributed by atoms with Gasteiger partial charge in [0.25, 0.3) is 23.6 Å². The van der Waals surface area contributed by atoms with Gasteiger partial charge < -0.3 is 97.3 Å². The van der Waals surface area contributed by atoms with Crippen LogP contribution in [-0.4, -0.2) is 160 Å². The zero-order valence-corrected chi connectivity index (χ0v) is 51.6. The number of carboxylic acids is 1. The first kappa shape index (κ1) is 73.6. The fourth-order valence-corrected chi connectivity index (χ4v) is 9.42. The molecule has 4 aromatic carbocycles. The number of Topliss-reactive ketones (excluding diaryl/α,β-unsaturated/α-hetero) is 4. The third-order valence-electron chi connectivity index (χ3n) is 14.0. The first-order valence-electron chi connectivity index (χ1n) is 29.0. The SMILES string of the molecule is COc1ccc(CC(=O)[C@H](CCCN=C(N)N)NC(=O)c2cc(CC(=O)[C@H](CCCN=C(N)N)NC(=O)c3cc(CC(=O)[C@@H](N)CCCN=C(N)N)ccc3OC)ccc2OC)cc1C(=O)N[C@@H](CCCN=C(N)N)C(=O)Cc1ccc(OCC(=O)O)c(C(N)=O)c1. The number of methoxy groups -OCH3 is 3. The van der Waals surface area contributed by atoms with E-state index in [4.69, 9.17) is 81.4 Å². The summed E-state index contributed by atoms with van der Waals surface area (Å²) in [6, 6.07) is 13.1. The van der Waals surface area contributed by atoms with Crippen molar-refractivity contribution in [2.24, 2.45) is 77.3 Å². The van der Waals surface area contributed by atoms with Crippen molar-refractivity contribution < 1.29 is 67.2 Å². The Morgan fingerprint density at radius 1 is 0.413 bits per heavy atom. The van der Waals surface area contributed by atoms with Gasteiger partial charge in [0.2, 0.25) is 0 Å². The predicted octanol–water partition coefficient (Wildman–Crippen LogP) is -1.34. The van der Waals surface area contributed by atoms with E-state index in [2.05, 4.69) is 35.9 Å². The molecule has 0 saturated carbocycles. The van der Waals surface area contributed by atoms with E-state index in [0.717, 1.165) is 0 Å². The predicted molar refractivity (Wildman–Crippen MR) is 343 cm³/mol. The molecular formula is C61H83N17O14. The molecule has 0 aliphatic rings. The van der Waals surface area contributed by atoms with Crippen molar-refractivity contribution in [3.8, 4) is 23.0 Å². The van der Waals surface area contributed by atoms with Crippen LogP contribution in [0.15, 0.2) is 92.8 Å². The summed E-state index contributed by atoms with van der Waals surface area (Å²) in [5, 5.41) is 17.4. The van der Waals surface area contributed by atoms with Gasteiger partial charge in [-0.1, -0.05) is 24.3 Å². The third-order valence-corrected chi connectivity index (χ3v) is 14.0. The van der Waals surface area contributed by atoms with Gasteiger partial charge in [-0.3, -0.25) is 58.3 Å². The number of primary amides is 1. The fraction of sp³-hybridized carbons (Fsp3) is 0.393. The van der Waals surface area contributed by atoms with Crippen LogP contribution < -0.4 is 92.2 Å². The van der Waals surface area contributed by atoms with Crippen LogP contribution in [0.5, 0.6) is 23.0 Å². The summed E-state index contributed by atoms with van der Waals surface area (Å²) in [4.78, 5) is 138. The normalized spacial score (nSPS) is 12.0. The van der Waals surface area contributed by atoms with E-state index >= 15 is 0 Å². The maximum absolute atomic E-state index is 14.5. The number of hydrogen-bond acceptors (Lipinski definition) is 18. The van der Waals surface area contributed by atoms with Crippen LogP contribution >= 0.6 is 0 Å². The van der Waals surface area contributed by atoms with Crippen LogP contribution in [0.25, 0.3) is 0 Å². The number of ether oxygens (including phenoxy) is 4. The van der Waals surface area contributed by atoms with Crippen LogP contribution in [0.1, 0.15) is 115 Å². The van der Waals surface area contributed by atoms with Crippen LogP contribution in [0.3, 0.4) is 0 Å². The van der Waals surface area contributed by atoms with E-state index in [9.17, 15) is 43.2 Å². The Labute approximate surface area is 530 Å². The molecule has 0 fully saturated rings. The number of hydrogen-bond donors (Lipinski definition) is 14. The molecule has 0 aliphatic heterocycles. The number of aliphatic imine (C=N–C) groups is 4. The number of guanidine groups is 4. The largest absolute Gasteiger partial charge is 0.496 e. The van der Waals surface area contributed by atoms with Crippen LogP contribution in [0, 0.1) is 0 Å². The van der Waals surface area contributed by atoms with Crippen molar-refractivity contribution in [3.63, 3.8) is 0 Å². The average Bonchev–Trinajstić information content (AvgIpc) is 0.910. The molecule has 0 spiro atoms. The first-order chi connectivity index (χ1) is 43.7. The lowest BCUT2D eigenvalue weighted by Gasteiger charge is -2.21. The van der Waals surface area contributed by atoms with E-state index in [1.165, 1.54) is 75.9 Å². The van der Waals surface area contributed by atoms with E-state index in [1.54, 1.807) is 18.2 Å². The number of carboxylic acid groups (broad SMARTS) is 1. The van der Waals surface area contributed by atoms with Gasteiger partial charge in [0.05, 0.1) is 67.8 Å². The van der Waals surface area contributed by atoms with Gasteiger partial charge >= 0.3 is 5.97 Å². The number of amides is 4. The summed E-state index contributed by atoms with van der Waals surface area (Å²) in [5.41, 5.74) is 56.9. The highest BCUT2D eigenvalue weighted by atomic mass is 16.5. The molecule has 4 rings (SSSR count). The zero-order valence-electron chi connectivity index (χ0n) is 51.6. The molecule has 24 N–H and O–H groups in total. The second-order valence-corrected chi connectivity index (χ2v) is 21.0. The lowest BCUT2D eigenvalue weighted by atomic mass is 9.96. The summed E-state index contributed by atoms with van der Waals surface area (Å²) < 4.78 is 21.8. The third kappa shape index (κ3) is 24.6. The molecule has 31 nitrogen and oxygen atoms in total. The molecule has 4 atom stereocenters. The monoisotopic (exact) mass is 1280 g/mol. The highest BCUT2D eigenvalue weighted by Crippen LogP contribution is 2.27. The van der Waals surface area contributed by atoms with Gasteiger partial charge in [0.1, 0.15) is 23.0 Å². The Balaban J connectivity index is 1.61. The highest BCUT2D eigenvalue weighted by Gasteiger charge is 2.29. The van der Waals surface area contributed by atoms with Crippen molar-refractivity contribution in [2.75, 3.05) is 54.1 Å². The van der Waals surface area contributed by atoms with Gasteiger partial charge in [-0.25, -0.2) is 4.79 Å². The highest BCUT2D eigenvalue weighted by molar-refractivity contribution is 6.04. The molecule has 0 radical (unpaired) electrons. The summed E-state index contributed by atoms with van der Waals surface area (Å²) in [6.45, 7) is -0.167. The molecule has 0 aliphatic carbocycles. The molecule has 0 bridgehead atoms. The maximum atomic E-state index is 14.5. The number of nitrogens with two attached hydrogens (primary N) is 10.